The van der Waals surface area contributed by atoms with Crippen molar-refractivity contribution in [1.29, 1.82) is 0 Å². The molecule has 1 amide bonds. The zero-order chi connectivity index (χ0) is 31.8. The van der Waals surface area contributed by atoms with Crippen molar-refractivity contribution in [1.82, 2.24) is 4.90 Å². The number of nitrogens with two attached hydrogens (primary N) is 1. The molecule has 0 spiro atoms. The van der Waals surface area contributed by atoms with Gasteiger partial charge >= 0.3 is 18.0 Å². The lowest BCUT2D eigenvalue weighted by Crippen LogP contribution is -2.45. The monoisotopic (exact) mass is 603 g/mol. The van der Waals surface area contributed by atoms with Crippen molar-refractivity contribution in [2.45, 2.75) is 78.3 Å². The maximum absolute atomic E-state index is 13.9. The minimum Gasteiger partial charge on any atom is -0.466 e. The van der Waals surface area contributed by atoms with Crippen LogP contribution in [0.25, 0.3) is 10.8 Å². The lowest BCUT2D eigenvalue weighted by atomic mass is 9.97. The summed E-state index contributed by atoms with van der Waals surface area (Å²) in [5, 5.41) is 2.15. The lowest BCUT2D eigenvalue weighted by molar-refractivity contribution is -0.168. The average molecular weight is 604 g/mol. The number of rotatable bonds is 12. The molecule has 0 aliphatic carbocycles. The fraction of sp³-hybridized carbons (Fsp3) is 0.457. The highest BCUT2D eigenvalue weighted by Gasteiger charge is 2.37. The number of carbonyl (C=O) groups is 3. The summed E-state index contributed by atoms with van der Waals surface area (Å²) in [5.74, 6) is -0.613. The topological polar surface area (TPSA) is 111 Å². The summed E-state index contributed by atoms with van der Waals surface area (Å²) in [5.41, 5.74) is 8.89. The van der Waals surface area contributed by atoms with Crippen molar-refractivity contribution in [3.63, 3.8) is 0 Å². The molecule has 236 valence electrons. The molecule has 44 heavy (non-hydrogen) atoms. The molecule has 0 bridgehead atoms. The molecule has 0 saturated carbocycles. The van der Waals surface area contributed by atoms with E-state index in [9.17, 15) is 14.4 Å². The van der Waals surface area contributed by atoms with Gasteiger partial charge in [0.1, 0.15) is 6.04 Å². The third-order valence-electron chi connectivity index (χ3n) is 7.99. The second-order valence-corrected chi connectivity index (χ2v) is 11.8. The van der Waals surface area contributed by atoms with Gasteiger partial charge in [-0.3, -0.25) is 14.5 Å². The molecule has 9 heteroatoms. The van der Waals surface area contributed by atoms with Crippen molar-refractivity contribution in [3.8, 4) is 0 Å². The van der Waals surface area contributed by atoms with Gasteiger partial charge in [0.2, 0.25) is 6.29 Å². The lowest BCUT2D eigenvalue weighted by Gasteiger charge is -2.35. The Morgan fingerprint density at radius 2 is 1.66 bits per heavy atom. The predicted octanol–water partition coefficient (Wildman–Crippen LogP) is 5.99. The van der Waals surface area contributed by atoms with Crippen LogP contribution in [0, 0.1) is 5.92 Å². The van der Waals surface area contributed by atoms with E-state index in [1.165, 1.54) is 6.92 Å². The SMILES string of the molecule is CCOC(=O)Cc1ccc(N2CC[C@H](N(C(=O)OC(C)OC(=O)[C@@H](N)CC(C)C)[C@H](C)c3cccc4ccccc34)C2)cc1. The van der Waals surface area contributed by atoms with Crippen LogP contribution >= 0.6 is 0 Å². The predicted molar refractivity (Wildman–Crippen MR) is 171 cm³/mol. The molecule has 2 N–H and O–H groups in total. The summed E-state index contributed by atoms with van der Waals surface area (Å²) in [6.45, 7) is 11.0. The van der Waals surface area contributed by atoms with Crippen molar-refractivity contribution in [2.24, 2.45) is 11.7 Å². The van der Waals surface area contributed by atoms with Gasteiger partial charge in [-0.05, 0) is 66.6 Å². The molecular weight excluding hydrogens is 558 g/mol. The number of nitrogens with zero attached hydrogens (tertiary/aromatic N) is 2. The van der Waals surface area contributed by atoms with Gasteiger partial charge in [0.05, 0.1) is 25.1 Å². The van der Waals surface area contributed by atoms with Crippen molar-refractivity contribution < 1.29 is 28.6 Å². The summed E-state index contributed by atoms with van der Waals surface area (Å²) in [6.07, 6.45) is -0.225. The highest BCUT2D eigenvalue weighted by atomic mass is 16.7. The first-order valence-corrected chi connectivity index (χ1v) is 15.5. The maximum atomic E-state index is 13.9. The van der Waals surface area contributed by atoms with Gasteiger partial charge in [0.15, 0.2) is 0 Å². The van der Waals surface area contributed by atoms with E-state index in [1.54, 1.807) is 11.8 Å². The van der Waals surface area contributed by atoms with Crippen LogP contribution in [0.5, 0.6) is 0 Å². The molecule has 1 aliphatic heterocycles. The molecule has 1 heterocycles. The smallest absolute Gasteiger partial charge is 0.413 e. The molecule has 3 aromatic rings. The molecule has 1 saturated heterocycles. The van der Waals surface area contributed by atoms with Crippen LogP contribution in [0.2, 0.25) is 0 Å². The molecular formula is C35H45N3O6. The molecule has 1 aliphatic rings. The van der Waals surface area contributed by atoms with Gasteiger partial charge in [0, 0.05) is 25.7 Å². The first-order chi connectivity index (χ1) is 21.1. The van der Waals surface area contributed by atoms with Crippen LogP contribution in [-0.4, -0.2) is 61.0 Å². The molecule has 3 aromatic carbocycles. The van der Waals surface area contributed by atoms with Crippen LogP contribution in [0.4, 0.5) is 10.5 Å². The molecule has 1 unspecified atom stereocenters. The van der Waals surface area contributed by atoms with Gasteiger partial charge < -0.3 is 24.8 Å². The highest BCUT2D eigenvalue weighted by Crippen LogP contribution is 2.34. The fourth-order valence-corrected chi connectivity index (χ4v) is 5.88. The number of carbonyl (C=O) groups excluding carboxylic acids is 3. The molecule has 4 rings (SSSR count). The Balaban J connectivity index is 1.53. The van der Waals surface area contributed by atoms with Crippen LogP contribution in [-0.2, 0) is 30.2 Å². The molecule has 0 radical (unpaired) electrons. The summed E-state index contributed by atoms with van der Waals surface area (Å²) in [6, 6.07) is 20.8. The Labute approximate surface area is 260 Å². The molecule has 4 atom stereocenters. The minimum atomic E-state index is -1.10. The third-order valence-corrected chi connectivity index (χ3v) is 7.99. The van der Waals surface area contributed by atoms with E-state index in [1.807, 2.05) is 69.3 Å². The van der Waals surface area contributed by atoms with Crippen LogP contribution < -0.4 is 10.6 Å². The zero-order valence-electron chi connectivity index (χ0n) is 26.4. The van der Waals surface area contributed by atoms with Gasteiger partial charge in [-0.15, -0.1) is 0 Å². The summed E-state index contributed by atoms with van der Waals surface area (Å²) in [7, 11) is 0. The number of hydrogen-bond donors (Lipinski definition) is 1. The van der Waals surface area contributed by atoms with E-state index in [0.717, 1.165) is 40.6 Å². The quantitative estimate of drug-likeness (QED) is 0.199. The number of esters is 2. The van der Waals surface area contributed by atoms with Gasteiger partial charge in [-0.25, -0.2) is 4.79 Å². The first kappa shape index (κ1) is 32.8. The summed E-state index contributed by atoms with van der Waals surface area (Å²) >= 11 is 0. The van der Waals surface area contributed by atoms with Crippen molar-refractivity contribution in [2.75, 3.05) is 24.6 Å². The van der Waals surface area contributed by atoms with Crippen LogP contribution in [0.1, 0.15) is 64.6 Å². The number of anilines is 1. The van der Waals surface area contributed by atoms with Gasteiger partial charge in [-0.2, -0.15) is 0 Å². The number of hydrogen-bond acceptors (Lipinski definition) is 8. The Morgan fingerprint density at radius 3 is 2.36 bits per heavy atom. The Hall–Kier alpha value is -4.11. The number of fused-ring (bicyclic) bond motifs is 1. The van der Waals surface area contributed by atoms with E-state index in [0.29, 0.717) is 19.6 Å². The highest BCUT2D eigenvalue weighted by molar-refractivity contribution is 5.86. The van der Waals surface area contributed by atoms with Crippen LogP contribution in [0.3, 0.4) is 0 Å². The second kappa shape index (κ2) is 15.1. The molecule has 0 aromatic heterocycles. The number of amides is 1. The standard InChI is InChI=1S/C35H45N3O6/c1-6-42-33(39)21-26-14-16-28(17-15-26)37-19-18-29(22-37)38(24(4)30-13-9-11-27-10-7-8-12-31(27)30)35(41)44-25(5)43-34(40)32(36)20-23(2)3/h7-17,23-25,29,32H,6,18-22,36H2,1-5H3/t24-,25?,29+,32+/m1/s1. The number of benzene rings is 3. The average Bonchev–Trinajstić information content (AvgIpc) is 3.46. The van der Waals surface area contributed by atoms with Gasteiger partial charge in [0.25, 0.3) is 0 Å². The van der Waals surface area contributed by atoms with E-state index in [-0.39, 0.29) is 30.4 Å². The Morgan fingerprint density at radius 1 is 0.955 bits per heavy atom. The van der Waals surface area contributed by atoms with E-state index < -0.39 is 24.4 Å². The summed E-state index contributed by atoms with van der Waals surface area (Å²) < 4.78 is 16.2. The van der Waals surface area contributed by atoms with E-state index in [2.05, 4.69) is 23.1 Å². The van der Waals surface area contributed by atoms with Gasteiger partial charge in [-0.1, -0.05) is 68.4 Å². The molecule has 1 fully saturated rings. The molecule has 9 nitrogen and oxygen atoms in total. The second-order valence-electron chi connectivity index (χ2n) is 11.8. The minimum absolute atomic E-state index is 0.165. The largest absolute Gasteiger partial charge is 0.466 e. The van der Waals surface area contributed by atoms with Crippen molar-refractivity contribution in [3.05, 3.63) is 77.9 Å². The summed E-state index contributed by atoms with van der Waals surface area (Å²) in [4.78, 5) is 42.3. The fourth-order valence-electron chi connectivity index (χ4n) is 5.88. The van der Waals surface area contributed by atoms with Crippen LogP contribution in [0.15, 0.2) is 66.7 Å². The Kier molecular flexibility index (Phi) is 11.2. The van der Waals surface area contributed by atoms with Crippen molar-refractivity contribution >= 4 is 34.5 Å². The van der Waals surface area contributed by atoms with E-state index in [4.69, 9.17) is 19.9 Å². The Bertz CT molecular complexity index is 1420. The maximum Gasteiger partial charge on any atom is 0.413 e. The third kappa shape index (κ3) is 8.29. The van der Waals surface area contributed by atoms with E-state index >= 15 is 0 Å². The first-order valence-electron chi connectivity index (χ1n) is 15.5. The number of ether oxygens (including phenoxy) is 3. The zero-order valence-corrected chi connectivity index (χ0v) is 26.4. The normalized spacial score (nSPS) is 16.8.